The number of nitrogens with one attached hydrogen (secondary N) is 1. The van der Waals surface area contributed by atoms with Crippen molar-refractivity contribution < 1.29 is 22.9 Å². The van der Waals surface area contributed by atoms with E-state index in [-0.39, 0.29) is 22.9 Å². The average Bonchev–Trinajstić information content (AvgIpc) is 2.74. The van der Waals surface area contributed by atoms with Crippen molar-refractivity contribution in [2.24, 2.45) is 0 Å². The quantitative estimate of drug-likeness (QED) is 0.352. The molecule has 0 radical (unpaired) electrons. The van der Waals surface area contributed by atoms with E-state index in [0.29, 0.717) is 16.1 Å². The predicted molar refractivity (Wildman–Crippen MR) is 144 cm³/mol. The van der Waals surface area contributed by atoms with E-state index in [9.17, 15) is 28.1 Å². The van der Waals surface area contributed by atoms with Gasteiger partial charge in [-0.25, -0.2) is 8.42 Å². The summed E-state index contributed by atoms with van der Waals surface area (Å²) in [6, 6.07) is 7.43. The van der Waals surface area contributed by atoms with Gasteiger partial charge in [-0.1, -0.05) is 35.3 Å². The van der Waals surface area contributed by atoms with Crippen LogP contribution in [0.4, 0.5) is 11.4 Å². The molecule has 2 aromatic rings. The summed E-state index contributed by atoms with van der Waals surface area (Å²) in [4.78, 5) is 38.5. The van der Waals surface area contributed by atoms with E-state index in [1.165, 1.54) is 30.0 Å². The summed E-state index contributed by atoms with van der Waals surface area (Å²) >= 11 is 12.3. The second-order valence-electron chi connectivity index (χ2n) is 9.67. The summed E-state index contributed by atoms with van der Waals surface area (Å²) in [6.07, 6.45) is 0.898. The Hall–Kier alpha value is -2.89. The molecule has 0 aromatic heterocycles. The van der Waals surface area contributed by atoms with Gasteiger partial charge in [0.05, 0.1) is 16.9 Å². The van der Waals surface area contributed by atoms with Crippen molar-refractivity contribution in [1.82, 2.24) is 10.2 Å². The molecule has 0 bridgehead atoms. The molecule has 0 aliphatic carbocycles. The van der Waals surface area contributed by atoms with E-state index >= 15 is 0 Å². The summed E-state index contributed by atoms with van der Waals surface area (Å²) in [5.41, 5.74) is -0.0238. The zero-order chi connectivity index (χ0) is 28.3. The first-order chi connectivity index (χ1) is 16.9. The molecule has 0 heterocycles. The molecule has 13 heteroatoms. The lowest BCUT2D eigenvalue weighted by atomic mass is 10.1. The van der Waals surface area contributed by atoms with Gasteiger partial charge in [0.15, 0.2) is 0 Å². The van der Waals surface area contributed by atoms with Crippen LogP contribution >= 0.6 is 23.2 Å². The highest BCUT2D eigenvalue weighted by Crippen LogP contribution is 2.28. The molecular weight excluding hydrogens is 543 g/mol. The summed E-state index contributed by atoms with van der Waals surface area (Å²) < 4.78 is 26.3. The predicted octanol–water partition coefficient (Wildman–Crippen LogP) is 4.31. The summed E-state index contributed by atoms with van der Waals surface area (Å²) in [5.74, 6) is -1.16. The number of hydrogen-bond donors (Lipinski definition) is 1. The first-order valence-electron chi connectivity index (χ1n) is 11.2. The number of amides is 2. The largest absolute Gasteiger partial charge is 0.350 e. The second-order valence-corrected chi connectivity index (χ2v) is 12.4. The first kappa shape index (κ1) is 30.3. The second kappa shape index (κ2) is 11.7. The van der Waals surface area contributed by atoms with Crippen molar-refractivity contribution >= 4 is 56.4 Å². The van der Waals surface area contributed by atoms with Crippen LogP contribution in [-0.4, -0.2) is 54.4 Å². The molecule has 37 heavy (non-hydrogen) atoms. The summed E-state index contributed by atoms with van der Waals surface area (Å²) in [6.45, 7) is 7.65. The monoisotopic (exact) mass is 572 g/mol. The highest BCUT2D eigenvalue weighted by molar-refractivity contribution is 7.92. The number of hydrogen-bond acceptors (Lipinski definition) is 6. The Kier molecular flexibility index (Phi) is 9.56. The Bertz CT molecular complexity index is 1310. The number of carbonyl (C=O) groups excluding carboxylic acids is 2. The standard InChI is InChI=1S/C24H30Cl2N4O6S/c1-15-7-10-19(30(33)34)12-21(15)29(37(6,35)36)14-22(31)28(16(2)23(32)27-24(3,4)5)13-17-8-9-18(25)11-20(17)26/h7-12,16H,13-14H2,1-6H3,(H,27,32). The Labute approximate surface area is 226 Å². The molecule has 0 spiro atoms. The van der Waals surface area contributed by atoms with Gasteiger partial charge in [0.2, 0.25) is 21.8 Å². The van der Waals surface area contributed by atoms with Gasteiger partial charge in [-0.15, -0.1) is 0 Å². The van der Waals surface area contributed by atoms with Crippen LogP contribution in [-0.2, 0) is 26.2 Å². The van der Waals surface area contributed by atoms with Gasteiger partial charge in [0.25, 0.3) is 5.69 Å². The zero-order valence-corrected chi connectivity index (χ0v) is 23.7. The number of halogens is 2. The zero-order valence-electron chi connectivity index (χ0n) is 21.4. The fourth-order valence-electron chi connectivity index (χ4n) is 3.46. The Morgan fingerprint density at radius 2 is 1.76 bits per heavy atom. The van der Waals surface area contributed by atoms with Gasteiger partial charge in [-0.3, -0.25) is 24.0 Å². The van der Waals surface area contributed by atoms with Crippen LogP contribution in [0.2, 0.25) is 10.0 Å². The SMILES string of the molecule is Cc1ccc([N+](=O)[O-])cc1N(CC(=O)N(Cc1ccc(Cl)cc1Cl)C(C)C(=O)NC(C)(C)C)S(C)(=O)=O. The Morgan fingerprint density at radius 3 is 2.27 bits per heavy atom. The first-order valence-corrected chi connectivity index (χ1v) is 13.8. The molecule has 2 rings (SSSR count). The molecule has 1 atom stereocenters. The lowest BCUT2D eigenvalue weighted by Gasteiger charge is -2.33. The fraction of sp³-hybridized carbons (Fsp3) is 0.417. The molecule has 2 aromatic carbocycles. The molecule has 202 valence electrons. The van der Waals surface area contributed by atoms with Crippen molar-refractivity contribution in [3.05, 3.63) is 67.7 Å². The molecule has 0 saturated heterocycles. The van der Waals surface area contributed by atoms with Crippen molar-refractivity contribution in [1.29, 1.82) is 0 Å². The number of nitro groups is 1. The van der Waals surface area contributed by atoms with Gasteiger partial charge < -0.3 is 10.2 Å². The number of anilines is 1. The molecule has 0 aliphatic rings. The van der Waals surface area contributed by atoms with E-state index in [4.69, 9.17) is 23.2 Å². The Morgan fingerprint density at radius 1 is 1.14 bits per heavy atom. The highest BCUT2D eigenvalue weighted by Gasteiger charge is 2.32. The topological polar surface area (TPSA) is 130 Å². The normalized spacial score (nSPS) is 12.5. The van der Waals surface area contributed by atoms with Crippen LogP contribution in [0.1, 0.15) is 38.8 Å². The van der Waals surface area contributed by atoms with Crippen LogP contribution in [0.25, 0.3) is 0 Å². The number of carbonyl (C=O) groups is 2. The maximum Gasteiger partial charge on any atom is 0.271 e. The number of aryl methyl sites for hydroxylation is 1. The molecule has 0 aliphatic heterocycles. The molecule has 1 unspecified atom stereocenters. The maximum absolute atomic E-state index is 13.6. The third-order valence-corrected chi connectivity index (χ3v) is 7.09. The molecular formula is C24H30Cl2N4O6S. The number of rotatable bonds is 9. The van der Waals surface area contributed by atoms with E-state index in [2.05, 4.69) is 5.32 Å². The van der Waals surface area contributed by atoms with Gasteiger partial charge >= 0.3 is 0 Å². The van der Waals surface area contributed by atoms with Crippen LogP contribution in [0.5, 0.6) is 0 Å². The van der Waals surface area contributed by atoms with Gasteiger partial charge in [0.1, 0.15) is 12.6 Å². The lowest BCUT2D eigenvalue weighted by molar-refractivity contribution is -0.384. The highest BCUT2D eigenvalue weighted by atomic mass is 35.5. The van der Waals surface area contributed by atoms with Crippen molar-refractivity contribution in [3.63, 3.8) is 0 Å². The number of nitro benzene ring substituents is 1. The van der Waals surface area contributed by atoms with Gasteiger partial charge in [-0.2, -0.15) is 0 Å². The van der Waals surface area contributed by atoms with Gasteiger partial charge in [-0.05, 0) is 57.9 Å². The minimum atomic E-state index is -4.05. The molecule has 0 fully saturated rings. The van der Waals surface area contributed by atoms with Crippen LogP contribution in [0, 0.1) is 17.0 Å². The van der Waals surface area contributed by atoms with E-state index in [1.54, 1.807) is 39.8 Å². The third-order valence-electron chi connectivity index (χ3n) is 5.37. The minimum Gasteiger partial charge on any atom is -0.350 e. The van der Waals surface area contributed by atoms with Crippen molar-refractivity contribution in [2.45, 2.75) is 52.7 Å². The molecule has 2 amide bonds. The molecule has 10 nitrogen and oxygen atoms in total. The number of sulfonamides is 1. The molecule has 1 N–H and O–H groups in total. The van der Waals surface area contributed by atoms with Gasteiger partial charge in [0, 0.05) is 34.3 Å². The summed E-state index contributed by atoms with van der Waals surface area (Å²) in [5, 5.41) is 14.8. The van der Waals surface area contributed by atoms with Crippen LogP contribution in [0.15, 0.2) is 36.4 Å². The number of non-ortho nitro benzene ring substituents is 1. The lowest BCUT2D eigenvalue weighted by Crippen LogP contribution is -2.54. The smallest absolute Gasteiger partial charge is 0.271 e. The van der Waals surface area contributed by atoms with Crippen LogP contribution in [0.3, 0.4) is 0 Å². The number of benzene rings is 2. The van der Waals surface area contributed by atoms with E-state index in [1.807, 2.05) is 0 Å². The molecule has 0 saturated carbocycles. The minimum absolute atomic E-state index is 0.0127. The maximum atomic E-state index is 13.6. The van der Waals surface area contributed by atoms with Crippen LogP contribution < -0.4 is 9.62 Å². The third kappa shape index (κ3) is 8.31. The van der Waals surface area contributed by atoms with E-state index in [0.717, 1.165) is 16.6 Å². The fourth-order valence-corrected chi connectivity index (χ4v) is 4.83. The average molecular weight is 573 g/mol. The van der Waals surface area contributed by atoms with Crippen molar-refractivity contribution in [3.8, 4) is 0 Å². The number of nitrogens with zero attached hydrogens (tertiary/aromatic N) is 3. The summed E-state index contributed by atoms with van der Waals surface area (Å²) in [7, 11) is -4.05. The van der Waals surface area contributed by atoms with Crippen molar-refractivity contribution in [2.75, 3.05) is 17.1 Å². The van der Waals surface area contributed by atoms with E-state index < -0.39 is 44.9 Å². The Balaban J connectivity index is 2.53.